The second-order valence-electron chi connectivity index (χ2n) is 3.57. The van der Waals surface area contributed by atoms with Crippen LogP contribution in [0.25, 0.3) is 0 Å². The molecule has 0 aliphatic carbocycles. The summed E-state index contributed by atoms with van der Waals surface area (Å²) < 4.78 is 0. The number of aromatic nitrogens is 1. The normalized spacial score (nSPS) is 14.9. The van der Waals surface area contributed by atoms with Crippen molar-refractivity contribution in [2.75, 3.05) is 6.54 Å². The summed E-state index contributed by atoms with van der Waals surface area (Å²) in [4.78, 5) is 4.23. The van der Waals surface area contributed by atoms with Crippen LogP contribution < -0.4 is 5.32 Å². The molecule has 86 valence electrons. The van der Waals surface area contributed by atoms with Gasteiger partial charge in [0.2, 0.25) is 0 Å². The van der Waals surface area contributed by atoms with Gasteiger partial charge in [-0.25, -0.2) is 4.98 Å². The zero-order valence-electron chi connectivity index (χ0n) is 8.96. The van der Waals surface area contributed by atoms with E-state index in [2.05, 4.69) is 17.2 Å². The van der Waals surface area contributed by atoms with E-state index in [1.807, 2.05) is 22.2 Å². The number of hydrogen-bond acceptors (Lipinski definition) is 5. The lowest BCUT2D eigenvalue weighted by atomic mass is 10.2. The van der Waals surface area contributed by atoms with Crippen LogP contribution in [0.3, 0.4) is 0 Å². The second kappa shape index (κ2) is 5.54. The molecule has 2 atom stereocenters. The highest BCUT2D eigenvalue weighted by atomic mass is 32.1. The van der Waals surface area contributed by atoms with E-state index in [1.165, 1.54) is 0 Å². The largest absolute Gasteiger partial charge is 0.387 e. The third-order valence-electron chi connectivity index (χ3n) is 2.37. The summed E-state index contributed by atoms with van der Waals surface area (Å²) in [6.07, 6.45) is 1.36. The zero-order valence-corrected chi connectivity index (χ0v) is 10.6. The first kappa shape index (κ1) is 11.7. The van der Waals surface area contributed by atoms with Crippen molar-refractivity contribution in [3.63, 3.8) is 0 Å². The average molecular weight is 254 g/mol. The number of nitrogens with one attached hydrogen (secondary N) is 1. The maximum absolute atomic E-state index is 9.88. The van der Waals surface area contributed by atoms with Gasteiger partial charge in [0.1, 0.15) is 5.01 Å². The van der Waals surface area contributed by atoms with Crippen molar-refractivity contribution < 1.29 is 5.11 Å². The molecule has 2 heterocycles. The molecular formula is C11H14N2OS2. The van der Waals surface area contributed by atoms with Gasteiger partial charge in [-0.05, 0) is 29.3 Å². The smallest absolute Gasteiger partial charge is 0.109 e. The van der Waals surface area contributed by atoms with Crippen LogP contribution in [0.4, 0.5) is 0 Å². The maximum atomic E-state index is 9.88. The predicted molar refractivity (Wildman–Crippen MR) is 67.8 cm³/mol. The fourth-order valence-corrected chi connectivity index (χ4v) is 2.78. The monoisotopic (exact) mass is 254 g/mol. The molecule has 0 aliphatic heterocycles. The molecule has 2 aromatic rings. The Hall–Kier alpha value is -0.750. The van der Waals surface area contributed by atoms with E-state index in [-0.39, 0.29) is 6.04 Å². The Balaban J connectivity index is 1.84. The highest BCUT2D eigenvalue weighted by Crippen LogP contribution is 2.18. The lowest BCUT2D eigenvalue weighted by Crippen LogP contribution is -2.24. The molecule has 5 heteroatoms. The Morgan fingerprint density at radius 2 is 2.38 bits per heavy atom. The van der Waals surface area contributed by atoms with Crippen molar-refractivity contribution in [1.29, 1.82) is 0 Å². The van der Waals surface area contributed by atoms with E-state index < -0.39 is 6.10 Å². The van der Waals surface area contributed by atoms with Gasteiger partial charge in [-0.2, -0.15) is 11.3 Å². The summed E-state index contributed by atoms with van der Waals surface area (Å²) in [5.41, 5.74) is 0.976. The van der Waals surface area contributed by atoms with Gasteiger partial charge in [-0.1, -0.05) is 0 Å². The summed E-state index contributed by atoms with van der Waals surface area (Å²) in [6, 6.07) is 2.14. The number of thiazole rings is 1. The summed E-state index contributed by atoms with van der Waals surface area (Å²) in [5.74, 6) is 0. The van der Waals surface area contributed by atoms with E-state index in [9.17, 15) is 5.11 Å². The van der Waals surface area contributed by atoms with Crippen LogP contribution in [0.5, 0.6) is 0 Å². The molecule has 0 radical (unpaired) electrons. The van der Waals surface area contributed by atoms with Gasteiger partial charge in [0.05, 0.1) is 12.1 Å². The SMILES string of the molecule is CC(NCC(O)c1ccsc1)c1nccs1. The zero-order chi connectivity index (χ0) is 11.4. The molecule has 2 rings (SSSR count). The van der Waals surface area contributed by atoms with E-state index in [0.29, 0.717) is 6.54 Å². The Kier molecular flexibility index (Phi) is 4.06. The van der Waals surface area contributed by atoms with Crippen molar-refractivity contribution in [3.05, 3.63) is 39.0 Å². The Morgan fingerprint density at radius 1 is 1.50 bits per heavy atom. The van der Waals surface area contributed by atoms with Crippen LogP contribution in [-0.2, 0) is 0 Å². The first-order valence-electron chi connectivity index (χ1n) is 5.10. The molecule has 0 bridgehead atoms. The molecule has 0 aromatic carbocycles. The number of aliphatic hydroxyl groups is 1. The highest BCUT2D eigenvalue weighted by Gasteiger charge is 2.11. The van der Waals surface area contributed by atoms with Crippen LogP contribution in [0.1, 0.15) is 29.6 Å². The van der Waals surface area contributed by atoms with E-state index in [4.69, 9.17) is 0 Å². The first-order valence-corrected chi connectivity index (χ1v) is 6.92. The predicted octanol–water partition coefficient (Wildman–Crippen LogP) is 2.59. The third-order valence-corrected chi connectivity index (χ3v) is 4.03. The summed E-state index contributed by atoms with van der Waals surface area (Å²) in [7, 11) is 0. The minimum absolute atomic E-state index is 0.188. The number of thiophene rings is 1. The molecule has 0 amide bonds. The van der Waals surface area contributed by atoms with Crippen LogP contribution in [0.15, 0.2) is 28.4 Å². The molecule has 2 N–H and O–H groups in total. The minimum atomic E-state index is -0.436. The molecule has 0 fully saturated rings. The summed E-state index contributed by atoms with van der Waals surface area (Å²) in [6.45, 7) is 2.61. The minimum Gasteiger partial charge on any atom is -0.387 e. The Labute approximate surface area is 103 Å². The van der Waals surface area contributed by atoms with Crippen LogP contribution in [0, 0.1) is 0 Å². The molecule has 2 aromatic heterocycles. The van der Waals surface area contributed by atoms with Crippen LogP contribution in [-0.4, -0.2) is 16.6 Å². The molecule has 3 nitrogen and oxygen atoms in total. The lowest BCUT2D eigenvalue weighted by molar-refractivity contribution is 0.171. The fraction of sp³-hybridized carbons (Fsp3) is 0.364. The Bertz CT molecular complexity index is 359. The average Bonchev–Trinajstić information content (AvgIpc) is 2.95. The molecule has 16 heavy (non-hydrogen) atoms. The molecule has 0 saturated heterocycles. The van der Waals surface area contributed by atoms with Crippen molar-refractivity contribution in [1.82, 2.24) is 10.3 Å². The van der Waals surface area contributed by atoms with Crippen LogP contribution in [0.2, 0.25) is 0 Å². The van der Waals surface area contributed by atoms with Gasteiger partial charge in [-0.15, -0.1) is 11.3 Å². The molecule has 2 unspecified atom stereocenters. The first-order chi connectivity index (χ1) is 7.77. The number of aliphatic hydroxyl groups excluding tert-OH is 1. The van der Waals surface area contributed by atoms with E-state index in [1.54, 1.807) is 28.9 Å². The standard InChI is InChI=1S/C11H14N2OS2/c1-8(11-12-3-5-16-11)13-6-10(14)9-2-4-15-7-9/h2-5,7-8,10,13-14H,6H2,1H3. The summed E-state index contributed by atoms with van der Waals surface area (Å²) in [5, 5.41) is 20.1. The highest BCUT2D eigenvalue weighted by molar-refractivity contribution is 7.09. The van der Waals surface area contributed by atoms with Crippen molar-refractivity contribution in [2.45, 2.75) is 19.1 Å². The van der Waals surface area contributed by atoms with E-state index in [0.717, 1.165) is 10.6 Å². The Morgan fingerprint density at radius 3 is 3.00 bits per heavy atom. The molecule has 0 spiro atoms. The van der Waals surface area contributed by atoms with Gasteiger partial charge in [-0.3, -0.25) is 0 Å². The van der Waals surface area contributed by atoms with Crippen molar-refractivity contribution in [3.8, 4) is 0 Å². The molecule has 0 saturated carbocycles. The number of hydrogen-bond donors (Lipinski definition) is 2. The lowest BCUT2D eigenvalue weighted by Gasteiger charge is -2.14. The van der Waals surface area contributed by atoms with Crippen molar-refractivity contribution >= 4 is 22.7 Å². The third kappa shape index (κ3) is 2.89. The molecular weight excluding hydrogens is 240 g/mol. The van der Waals surface area contributed by atoms with Gasteiger partial charge in [0.25, 0.3) is 0 Å². The number of rotatable bonds is 5. The van der Waals surface area contributed by atoms with Crippen molar-refractivity contribution in [2.24, 2.45) is 0 Å². The summed E-state index contributed by atoms with van der Waals surface area (Å²) >= 11 is 3.23. The quantitative estimate of drug-likeness (QED) is 0.862. The molecule has 0 aliphatic rings. The maximum Gasteiger partial charge on any atom is 0.109 e. The number of nitrogens with zero attached hydrogens (tertiary/aromatic N) is 1. The van der Waals surface area contributed by atoms with Gasteiger partial charge in [0, 0.05) is 18.1 Å². The van der Waals surface area contributed by atoms with Gasteiger partial charge >= 0.3 is 0 Å². The topological polar surface area (TPSA) is 45.1 Å². The fourth-order valence-electron chi connectivity index (χ4n) is 1.41. The van der Waals surface area contributed by atoms with Crippen LogP contribution >= 0.6 is 22.7 Å². The second-order valence-corrected chi connectivity index (χ2v) is 5.28. The van der Waals surface area contributed by atoms with E-state index >= 15 is 0 Å². The van der Waals surface area contributed by atoms with Gasteiger partial charge in [0.15, 0.2) is 0 Å². The van der Waals surface area contributed by atoms with Gasteiger partial charge < -0.3 is 10.4 Å².